The summed E-state index contributed by atoms with van der Waals surface area (Å²) in [7, 11) is 0. The first-order valence-corrected chi connectivity index (χ1v) is 8.56. The molecule has 4 heteroatoms. The van der Waals surface area contributed by atoms with Crippen LogP contribution in [0.3, 0.4) is 0 Å². The number of pyridine rings is 1. The van der Waals surface area contributed by atoms with Gasteiger partial charge in [-0.3, -0.25) is 9.59 Å². The van der Waals surface area contributed by atoms with Crippen LogP contribution in [-0.4, -0.2) is 17.4 Å². The standard InChI is InChI=1S/C21H22N2O2/c1-15(16-7-3-2-4-8-16)13-20(24)22-12-11-18-14-17-9-5-6-10-19(17)23-21(18)25/h2-10,14-15H,11-13H2,1H3,(H,22,24)(H,23,25). The number of nitrogens with one attached hydrogen (secondary N) is 2. The van der Waals surface area contributed by atoms with Crippen LogP contribution in [0.1, 0.15) is 30.4 Å². The predicted octanol–water partition coefficient (Wildman–Crippen LogP) is 3.38. The smallest absolute Gasteiger partial charge is 0.251 e. The number of carbonyl (C=O) groups is 1. The minimum Gasteiger partial charge on any atom is -0.356 e. The van der Waals surface area contributed by atoms with E-state index in [0.29, 0.717) is 24.9 Å². The van der Waals surface area contributed by atoms with Gasteiger partial charge in [-0.05, 0) is 35.4 Å². The Kier molecular flexibility index (Phi) is 5.29. The number of hydrogen-bond donors (Lipinski definition) is 2. The average Bonchev–Trinajstić information content (AvgIpc) is 2.63. The average molecular weight is 334 g/mol. The zero-order chi connectivity index (χ0) is 17.6. The van der Waals surface area contributed by atoms with Gasteiger partial charge in [0, 0.05) is 24.0 Å². The van der Waals surface area contributed by atoms with Crippen molar-refractivity contribution < 1.29 is 4.79 Å². The summed E-state index contributed by atoms with van der Waals surface area (Å²) in [6.07, 6.45) is 0.962. The molecule has 0 aliphatic rings. The van der Waals surface area contributed by atoms with E-state index in [1.165, 1.54) is 0 Å². The molecule has 2 N–H and O–H groups in total. The molecule has 1 amide bonds. The van der Waals surface area contributed by atoms with Gasteiger partial charge in [0.2, 0.25) is 5.91 Å². The molecule has 0 bridgehead atoms. The highest BCUT2D eigenvalue weighted by molar-refractivity contribution is 5.79. The zero-order valence-corrected chi connectivity index (χ0v) is 14.3. The molecule has 0 saturated carbocycles. The zero-order valence-electron chi connectivity index (χ0n) is 14.3. The first-order chi connectivity index (χ1) is 12.1. The maximum Gasteiger partial charge on any atom is 0.251 e. The lowest BCUT2D eigenvalue weighted by Gasteiger charge is -2.12. The summed E-state index contributed by atoms with van der Waals surface area (Å²) in [5.74, 6) is 0.179. The number of carbonyl (C=O) groups excluding carboxylic acids is 1. The second-order valence-electron chi connectivity index (χ2n) is 6.33. The number of benzene rings is 2. The molecule has 2 aromatic carbocycles. The van der Waals surface area contributed by atoms with Gasteiger partial charge in [0.1, 0.15) is 0 Å². The van der Waals surface area contributed by atoms with E-state index in [0.717, 1.165) is 16.5 Å². The first-order valence-electron chi connectivity index (χ1n) is 8.56. The molecule has 4 nitrogen and oxygen atoms in total. The molecule has 0 aliphatic carbocycles. The maximum absolute atomic E-state index is 12.1. The van der Waals surface area contributed by atoms with Crippen LogP contribution >= 0.6 is 0 Å². The molecule has 3 aromatic rings. The summed E-state index contributed by atoms with van der Waals surface area (Å²) in [4.78, 5) is 27.1. The Morgan fingerprint density at radius 2 is 1.80 bits per heavy atom. The van der Waals surface area contributed by atoms with E-state index in [1.807, 2.05) is 67.6 Å². The quantitative estimate of drug-likeness (QED) is 0.726. The first kappa shape index (κ1) is 17.0. The second kappa shape index (κ2) is 7.79. The van der Waals surface area contributed by atoms with Gasteiger partial charge in [-0.15, -0.1) is 0 Å². The van der Waals surface area contributed by atoms with Crippen molar-refractivity contribution in [2.45, 2.75) is 25.7 Å². The Balaban J connectivity index is 1.55. The van der Waals surface area contributed by atoms with Gasteiger partial charge in [-0.1, -0.05) is 55.5 Å². The van der Waals surface area contributed by atoms with Gasteiger partial charge in [-0.25, -0.2) is 0 Å². The number of aromatic amines is 1. The van der Waals surface area contributed by atoms with Crippen molar-refractivity contribution in [1.29, 1.82) is 0 Å². The minimum atomic E-state index is -0.0920. The Hall–Kier alpha value is -2.88. The van der Waals surface area contributed by atoms with Crippen molar-refractivity contribution in [1.82, 2.24) is 10.3 Å². The highest BCUT2D eigenvalue weighted by atomic mass is 16.1. The number of aromatic nitrogens is 1. The molecular weight excluding hydrogens is 312 g/mol. The molecule has 0 aliphatic heterocycles. The van der Waals surface area contributed by atoms with Crippen molar-refractivity contribution in [3.05, 3.63) is 82.1 Å². The van der Waals surface area contributed by atoms with Crippen LogP contribution in [0.4, 0.5) is 0 Å². The highest BCUT2D eigenvalue weighted by Gasteiger charge is 2.11. The van der Waals surface area contributed by atoms with E-state index in [4.69, 9.17) is 0 Å². The predicted molar refractivity (Wildman–Crippen MR) is 101 cm³/mol. The summed E-state index contributed by atoms with van der Waals surface area (Å²) in [6.45, 7) is 2.50. The van der Waals surface area contributed by atoms with Crippen LogP contribution in [0, 0.1) is 0 Å². The largest absolute Gasteiger partial charge is 0.356 e. The van der Waals surface area contributed by atoms with Crippen LogP contribution in [0.15, 0.2) is 65.5 Å². The lowest BCUT2D eigenvalue weighted by molar-refractivity contribution is -0.121. The van der Waals surface area contributed by atoms with E-state index < -0.39 is 0 Å². The Bertz CT molecular complexity index is 916. The molecule has 1 aromatic heterocycles. The Morgan fingerprint density at radius 1 is 1.08 bits per heavy atom. The molecule has 0 saturated heterocycles. The fourth-order valence-electron chi connectivity index (χ4n) is 2.96. The normalized spacial score (nSPS) is 12.0. The minimum absolute atomic E-state index is 0.00794. The fraction of sp³-hybridized carbons (Fsp3) is 0.238. The summed E-state index contributed by atoms with van der Waals surface area (Å²) in [5.41, 5.74) is 2.58. The van der Waals surface area contributed by atoms with Crippen molar-refractivity contribution >= 4 is 16.8 Å². The van der Waals surface area contributed by atoms with Crippen LogP contribution in [-0.2, 0) is 11.2 Å². The molecule has 1 atom stereocenters. The summed E-state index contributed by atoms with van der Waals surface area (Å²) in [6, 6.07) is 19.6. The summed E-state index contributed by atoms with van der Waals surface area (Å²) in [5, 5.41) is 3.92. The van der Waals surface area contributed by atoms with Crippen molar-refractivity contribution in [3.8, 4) is 0 Å². The molecule has 1 heterocycles. The van der Waals surface area contributed by atoms with Gasteiger partial charge >= 0.3 is 0 Å². The number of para-hydroxylation sites is 1. The van der Waals surface area contributed by atoms with Gasteiger partial charge in [0.25, 0.3) is 5.56 Å². The fourth-order valence-corrected chi connectivity index (χ4v) is 2.96. The number of H-pyrrole nitrogens is 1. The topological polar surface area (TPSA) is 62.0 Å². The van der Waals surface area contributed by atoms with E-state index in [1.54, 1.807) is 0 Å². The van der Waals surface area contributed by atoms with Gasteiger partial charge in [0.15, 0.2) is 0 Å². The summed E-state index contributed by atoms with van der Waals surface area (Å²) < 4.78 is 0. The van der Waals surface area contributed by atoms with E-state index in [2.05, 4.69) is 10.3 Å². The molecule has 0 radical (unpaired) electrons. The number of hydrogen-bond acceptors (Lipinski definition) is 2. The SMILES string of the molecule is CC(CC(=O)NCCc1cc2ccccc2[nH]c1=O)c1ccccc1. The third-order valence-corrected chi connectivity index (χ3v) is 4.41. The maximum atomic E-state index is 12.1. The Labute approximate surface area is 146 Å². The lowest BCUT2D eigenvalue weighted by Crippen LogP contribution is -2.28. The van der Waals surface area contributed by atoms with Gasteiger partial charge in [-0.2, -0.15) is 0 Å². The third kappa shape index (κ3) is 4.35. The van der Waals surface area contributed by atoms with Gasteiger partial charge in [0.05, 0.1) is 0 Å². The van der Waals surface area contributed by atoms with Crippen LogP contribution in [0.5, 0.6) is 0 Å². The summed E-state index contributed by atoms with van der Waals surface area (Å²) >= 11 is 0. The number of rotatable bonds is 6. The molecule has 1 unspecified atom stereocenters. The highest BCUT2D eigenvalue weighted by Crippen LogP contribution is 2.18. The van der Waals surface area contributed by atoms with Crippen molar-refractivity contribution in [3.63, 3.8) is 0 Å². The molecular formula is C21H22N2O2. The van der Waals surface area contributed by atoms with Crippen LogP contribution in [0.2, 0.25) is 0 Å². The Morgan fingerprint density at radius 3 is 2.60 bits per heavy atom. The van der Waals surface area contributed by atoms with Gasteiger partial charge < -0.3 is 10.3 Å². The molecule has 0 spiro atoms. The second-order valence-corrected chi connectivity index (χ2v) is 6.33. The molecule has 25 heavy (non-hydrogen) atoms. The van der Waals surface area contributed by atoms with Crippen LogP contribution in [0.25, 0.3) is 10.9 Å². The third-order valence-electron chi connectivity index (χ3n) is 4.41. The number of fused-ring (bicyclic) bond motifs is 1. The van der Waals surface area contributed by atoms with E-state index >= 15 is 0 Å². The van der Waals surface area contributed by atoms with E-state index in [9.17, 15) is 9.59 Å². The molecule has 128 valence electrons. The lowest BCUT2D eigenvalue weighted by atomic mass is 9.97. The number of amides is 1. The van der Waals surface area contributed by atoms with Crippen molar-refractivity contribution in [2.75, 3.05) is 6.54 Å². The van der Waals surface area contributed by atoms with Crippen molar-refractivity contribution in [2.24, 2.45) is 0 Å². The monoisotopic (exact) mass is 334 g/mol. The van der Waals surface area contributed by atoms with E-state index in [-0.39, 0.29) is 17.4 Å². The molecule has 3 rings (SSSR count). The molecule has 0 fully saturated rings. The van der Waals surface area contributed by atoms with Crippen LogP contribution < -0.4 is 10.9 Å².